The lowest BCUT2D eigenvalue weighted by molar-refractivity contribution is -0.383. The van der Waals surface area contributed by atoms with Crippen LogP contribution in [0.15, 0.2) is 66.7 Å². The minimum atomic E-state index is -0.590. The molecule has 0 saturated carbocycles. The van der Waals surface area contributed by atoms with E-state index in [0.29, 0.717) is 10.9 Å². The van der Waals surface area contributed by atoms with E-state index >= 15 is 0 Å². The van der Waals surface area contributed by atoms with Gasteiger partial charge in [-0.25, -0.2) is 9.78 Å². The molecule has 0 unspecified atom stereocenters. The van der Waals surface area contributed by atoms with Gasteiger partial charge in [-0.15, -0.1) is 0 Å². The summed E-state index contributed by atoms with van der Waals surface area (Å²) in [6.45, 7) is 0. The Morgan fingerprint density at radius 1 is 1.15 bits per heavy atom. The fourth-order valence-electron chi connectivity index (χ4n) is 2.67. The van der Waals surface area contributed by atoms with E-state index < -0.39 is 4.92 Å². The van der Waals surface area contributed by atoms with Gasteiger partial charge in [-0.05, 0) is 30.3 Å². The average molecular weight is 486 g/mol. The van der Waals surface area contributed by atoms with Crippen molar-refractivity contribution in [3.63, 3.8) is 0 Å². The van der Waals surface area contributed by atoms with Crippen molar-refractivity contribution in [2.24, 2.45) is 0 Å². The van der Waals surface area contributed by atoms with Gasteiger partial charge in [0.15, 0.2) is 5.13 Å². The van der Waals surface area contributed by atoms with E-state index in [1.54, 1.807) is 38.4 Å². The molecule has 3 aromatic carbocycles. The predicted octanol–water partition coefficient (Wildman–Crippen LogP) is 5.69. The van der Waals surface area contributed by atoms with Crippen molar-refractivity contribution in [3.05, 3.63) is 81.9 Å². The Hall–Kier alpha value is -3.89. The summed E-state index contributed by atoms with van der Waals surface area (Å²) in [6.07, 6.45) is 0. The molecule has 0 radical (unpaired) electrons. The molecule has 170 valence electrons. The number of carbonyl (C=O) groups is 1. The third-order valence-corrected chi connectivity index (χ3v) is 5.88. The van der Waals surface area contributed by atoms with Crippen LogP contribution in [-0.4, -0.2) is 30.0 Å². The van der Waals surface area contributed by atoms with Gasteiger partial charge in [0.2, 0.25) is 0 Å². The summed E-state index contributed by atoms with van der Waals surface area (Å²) in [5.41, 5.74) is 6.17. The van der Waals surface area contributed by atoms with Crippen LogP contribution in [0.3, 0.4) is 0 Å². The van der Waals surface area contributed by atoms with Crippen LogP contribution >= 0.6 is 22.9 Å². The van der Waals surface area contributed by atoms with Gasteiger partial charge in [0.05, 0.1) is 15.1 Å². The third-order valence-electron chi connectivity index (χ3n) is 4.38. The molecule has 0 fully saturated rings. The van der Waals surface area contributed by atoms with Crippen molar-refractivity contribution in [3.8, 4) is 11.5 Å². The quantitative estimate of drug-likeness (QED) is 0.217. The number of ether oxygens (including phenoxy) is 1. The molecule has 0 aliphatic carbocycles. The Kier molecular flexibility index (Phi) is 7.65. The lowest BCUT2D eigenvalue weighted by atomic mass is 10.2. The van der Waals surface area contributed by atoms with E-state index in [9.17, 15) is 14.9 Å². The van der Waals surface area contributed by atoms with Gasteiger partial charge in [-0.2, -0.15) is 0 Å². The molecule has 0 aliphatic heterocycles. The summed E-state index contributed by atoms with van der Waals surface area (Å²) < 4.78 is 6.58. The molecule has 0 aliphatic rings. The van der Waals surface area contributed by atoms with Crippen LogP contribution in [-0.2, 0) is 0 Å². The second-order valence-corrected chi connectivity index (χ2v) is 7.95. The number of fused-ring (bicyclic) bond motifs is 1. The van der Waals surface area contributed by atoms with Crippen LogP contribution in [0.25, 0.3) is 10.2 Å². The SMILES string of the molecule is CNC(=O)N(C)c1nc2ccccc2s1.Nc1c([N+](=O)[O-])ccc(Oc2ccccc2)c1Cl. The van der Waals surface area contributed by atoms with Gasteiger partial charge < -0.3 is 15.8 Å². The number of halogens is 1. The number of nitrogens with zero attached hydrogens (tertiary/aromatic N) is 3. The monoisotopic (exact) mass is 485 g/mol. The molecule has 2 amide bonds. The lowest BCUT2D eigenvalue weighted by Gasteiger charge is -2.11. The normalized spacial score (nSPS) is 10.2. The van der Waals surface area contributed by atoms with Gasteiger partial charge in [0, 0.05) is 20.2 Å². The molecule has 4 rings (SSSR count). The number of thiazole rings is 1. The fourth-order valence-corrected chi connectivity index (χ4v) is 3.80. The third kappa shape index (κ3) is 5.68. The van der Waals surface area contributed by atoms with Crippen LogP contribution < -0.4 is 20.7 Å². The highest BCUT2D eigenvalue weighted by Gasteiger charge is 2.18. The smallest absolute Gasteiger partial charge is 0.323 e. The Balaban J connectivity index is 0.000000189. The number of anilines is 2. The molecule has 0 saturated heterocycles. The van der Waals surface area contributed by atoms with Crippen molar-refractivity contribution < 1.29 is 14.5 Å². The number of rotatable bonds is 4. The fraction of sp³-hybridized carbons (Fsp3) is 0.0909. The summed E-state index contributed by atoms with van der Waals surface area (Å²) in [5.74, 6) is 0.860. The molecule has 9 nitrogen and oxygen atoms in total. The number of hydrogen-bond donors (Lipinski definition) is 2. The highest BCUT2D eigenvalue weighted by Crippen LogP contribution is 2.38. The number of urea groups is 1. The van der Waals surface area contributed by atoms with E-state index in [0.717, 1.165) is 10.2 Å². The first-order valence-corrected chi connectivity index (χ1v) is 10.8. The summed E-state index contributed by atoms with van der Waals surface area (Å²) in [6, 6.07) is 19.3. The molecule has 1 aromatic heterocycles. The van der Waals surface area contributed by atoms with Crippen LogP contribution in [0.4, 0.5) is 21.3 Å². The number of hydrogen-bond acceptors (Lipinski definition) is 7. The lowest BCUT2D eigenvalue weighted by Crippen LogP contribution is -2.34. The predicted molar refractivity (Wildman–Crippen MR) is 132 cm³/mol. The van der Waals surface area contributed by atoms with Crippen LogP contribution in [0, 0.1) is 10.1 Å². The van der Waals surface area contributed by atoms with E-state index in [4.69, 9.17) is 22.1 Å². The first kappa shape index (κ1) is 23.8. The number of carbonyl (C=O) groups excluding carboxylic acids is 1. The minimum absolute atomic E-state index is 0.0352. The van der Waals surface area contributed by atoms with Gasteiger partial charge in [-0.3, -0.25) is 15.0 Å². The zero-order valence-corrected chi connectivity index (χ0v) is 19.3. The number of nitro groups is 1. The van der Waals surface area contributed by atoms with Crippen molar-refractivity contribution in [1.29, 1.82) is 0 Å². The van der Waals surface area contributed by atoms with E-state index in [1.807, 2.05) is 30.3 Å². The Morgan fingerprint density at radius 2 is 1.82 bits per heavy atom. The Morgan fingerprint density at radius 3 is 2.45 bits per heavy atom. The number of para-hydroxylation sites is 2. The zero-order valence-electron chi connectivity index (χ0n) is 17.7. The highest BCUT2D eigenvalue weighted by molar-refractivity contribution is 7.22. The number of nitrogens with two attached hydrogens (primary N) is 1. The Bertz CT molecular complexity index is 1250. The van der Waals surface area contributed by atoms with E-state index in [1.165, 1.54) is 28.4 Å². The maximum Gasteiger partial charge on any atom is 0.323 e. The summed E-state index contributed by atoms with van der Waals surface area (Å²) >= 11 is 7.44. The second kappa shape index (κ2) is 10.6. The van der Waals surface area contributed by atoms with Gasteiger partial charge in [0.1, 0.15) is 22.2 Å². The average Bonchev–Trinajstić information content (AvgIpc) is 3.26. The minimum Gasteiger partial charge on any atom is -0.456 e. The van der Waals surface area contributed by atoms with Crippen LogP contribution in [0.2, 0.25) is 5.02 Å². The van der Waals surface area contributed by atoms with Crippen molar-refractivity contribution >= 4 is 55.7 Å². The van der Waals surface area contributed by atoms with Crippen molar-refractivity contribution in [1.82, 2.24) is 10.3 Å². The molecule has 0 bridgehead atoms. The molecule has 3 N–H and O–H groups in total. The van der Waals surface area contributed by atoms with Gasteiger partial charge in [0.25, 0.3) is 5.69 Å². The maximum absolute atomic E-state index is 11.4. The summed E-state index contributed by atoms with van der Waals surface area (Å²) in [7, 11) is 3.31. The topological polar surface area (TPSA) is 124 Å². The van der Waals surface area contributed by atoms with E-state index in [-0.39, 0.29) is 28.2 Å². The van der Waals surface area contributed by atoms with E-state index in [2.05, 4.69) is 10.3 Å². The molecular weight excluding hydrogens is 466 g/mol. The van der Waals surface area contributed by atoms with Crippen LogP contribution in [0.1, 0.15) is 0 Å². The first-order chi connectivity index (χ1) is 15.8. The largest absolute Gasteiger partial charge is 0.456 e. The molecule has 1 heterocycles. The number of nitrogens with one attached hydrogen (secondary N) is 1. The van der Waals surface area contributed by atoms with Gasteiger partial charge in [-0.1, -0.05) is 53.3 Å². The number of nitrogen functional groups attached to an aromatic ring is 1. The summed E-state index contributed by atoms with van der Waals surface area (Å²) in [5, 5.41) is 14.0. The number of benzene rings is 3. The molecular formula is C22H20ClN5O4S. The molecule has 33 heavy (non-hydrogen) atoms. The summed E-state index contributed by atoms with van der Waals surface area (Å²) in [4.78, 5) is 27.3. The molecule has 0 spiro atoms. The molecule has 4 aromatic rings. The second-order valence-electron chi connectivity index (χ2n) is 6.56. The van der Waals surface area contributed by atoms with Crippen LogP contribution in [0.5, 0.6) is 11.5 Å². The molecule has 0 atom stereocenters. The van der Waals surface area contributed by atoms with Crippen molar-refractivity contribution in [2.75, 3.05) is 24.7 Å². The first-order valence-electron chi connectivity index (χ1n) is 9.58. The Labute approximate surface area is 198 Å². The van der Waals surface area contributed by atoms with Crippen molar-refractivity contribution in [2.45, 2.75) is 0 Å². The molecule has 11 heteroatoms. The zero-order chi connectivity index (χ0) is 24.0. The standard InChI is InChI=1S/C12H9ClN2O3.C10H11N3OS/c13-11-10(18-8-4-2-1-3-5-8)7-6-9(12(11)14)15(16)17;1-11-9(14)13(2)10-12-7-5-3-4-6-8(7)15-10/h1-7H,14H2;3-6H,1-2H3,(H,11,14). The van der Waals surface area contributed by atoms with Gasteiger partial charge >= 0.3 is 6.03 Å². The number of nitro benzene ring substituents is 1. The highest BCUT2D eigenvalue weighted by atomic mass is 35.5. The number of aromatic nitrogens is 1. The number of amides is 2. The maximum atomic E-state index is 11.4.